The highest BCUT2D eigenvalue weighted by molar-refractivity contribution is 5.91. The summed E-state index contributed by atoms with van der Waals surface area (Å²) < 4.78 is 64.4. The number of carbonyl (C=O) groups excluding carboxylic acids is 4. The number of aryl methyl sites for hydroxylation is 1. The first-order valence-corrected chi connectivity index (χ1v) is 24.5. The molecule has 4 aromatic carbocycles. The lowest BCUT2D eigenvalue weighted by atomic mass is 9.96. The Balaban J connectivity index is 0.760. The molecule has 4 N–H and O–H groups in total. The van der Waals surface area contributed by atoms with E-state index >= 15 is 13.2 Å². The van der Waals surface area contributed by atoms with Gasteiger partial charge in [-0.25, -0.2) is 22.5 Å². The van der Waals surface area contributed by atoms with E-state index in [1.54, 1.807) is 64.1 Å². The molecule has 19 heteroatoms. The lowest BCUT2D eigenvalue weighted by Gasteiger charge is -2.27. The van der Waals surface area contributed by atoms with Crippen molar-refractivity contribution in [2.45, 2.75) is 107 Å². The fraction of sp³-hybridized carbons (Fsp3) is 0.377. The zero-order chi connectivity index (χ0) is 50.0. The van der Waals surface area contributed by atoms with Crippen molar-refractivity contribution in [3.8, 4) is 0 Å². The Morgan fingerprint density at radius 1 is 0.681 bits per heavy atom. The van der Waals surface area contributed by atoms with E-state index < -0.39 is 66.0 Å². The molecule has 4 fully saturated rings. The van der Waals surface area contributed by atoms with Gasteiger partial charge in [0.1, 0.15) is 48.4 Å². The van der Waals surface area contributed by atoms with Gasteiger partial charge in [-0.05, 0) is 77.6 Å². The van der Waals surface area contributed by atoms with Crippen molar-refractivity contribution in [3.63, 3.8) is 0 Å². The second-order valence-electron chi connectivity index (χ2n) is 19.2. The summed E-state index contributed by atoms with van der Waals surface area (Å²) in [6, 6.07) is 24.1. The van der Waals surface area contributed by atoms with Gasteiger partial charge >= 0.3 is 0 Å². The molecule has 8 atom stereocenters. The van der Waals surface area contributed by atoms with E-state index in [2.05, 4.69) is 36.6 Å². The summed E-state index contributed by atoms with van der Waals surface area (Å²) in [6.45, 7) is 1.56. The number of likely N-dealkylation sites (tertiary alicyclic amines) is 2. The van der Waals surface area contributed by atoms with Gasteiger partial charge in [0, 0.05) is 37.5 Å². The maximum absolute atomic E-state index is 16.2. The van der Waals surface area contributed by atoms with Gasteiger partial charge in [0.25, 0.3) is 0 Å². The summed E-state index contributed by atoms with van der Waals surface area (Å²) in [6.07, 6.45) is 4.01. The average Bonchev–Trinajstić information content (AvgIpc) is 4.12. The van der Waals surface area contributed by atoms with Gasteiger partial charge < -0.3 is 35.6 Å². The molecule has 2 aliphatic carbocycles. The first-order valence-electron chi connectivity index (χ1n) is 24.5. The van der Waals surface area contributed by atoms with Gasteiger partial charge in [0.15, 0.2) is 5.82 Å². The molecule has 2 aliphatic heterocycles. The lowest BCUT2D eigenvalue weighted by Crippen LogP contribution is -2.48. The molecule has 4 heterocycles. The minimum Gasteiger partial charge on any atom is -0.365 e. The number of carbonyl (C=O) groups is 4. The molecule has 72 heavy (non-hydrogen) atoms. The molecule has 4 aliphatic rings. The van der Waals surface area contributed by atoms with Crippen LogP contribution in [0, 0.1) is 11.6 Å². The van der Waals surface area contributed by atoms with Gasteiger partial charge in [-0.15, -0.1) is 5.10 Å². The SMILES string of the molecule is CCn1cc(NCC(=O)N2C[C@H](F)C[C@H]2C(=O)N[C@@H](c2ccccc2)c2ccc(C3CC3Nc3cn(CC(=O)N4C[C@H](F)C[C@H]4C(=O)N[C@@H](c4ccccc4)c4ccc(C5CC5)c(F)c4)cn3)c(F)c2)nn1. The number of hydrogen-bond acceptors (Lipinski definition) is 9. The molecule has 0 bridgehead atoms. The van der Waals surface area contributed by atoms with Crippen LogP contribution in [0.15, 0.2) is 116 Å². The van der Waals surface area contributed by atoms with Crippen LogP contribution in [0.3, 0.4) is 0 Å². The standard InChI is InChI=1S/C53H55F4N11O4/c1-2-66-28-47(63-64-66)58-24-48(69)67-25-36(54)21-44(67)52(71)61-51(33-11-7-4-8-12-33)35-16-18-39(42(57)20-35)40-23-43(40)60-46-27-65(30-59-46)29-49(70)68-26-37(55)22-45(68)53(72)62-50(32-9-5-3-6-10-32)34-15-17-38(31-13-14-31)41(56)19-34/h3-12,15-20,27-28,30-31,36-37,40,43-45,50-51,58,60H,2,13-14,21-26,29H2,1H3,(H,61,71)(H,62,72)/t36-,37-,40?,43?,44+,45+,50+,51+/m1/s1. The van der Waals surface area contributed by atoms with E-state index in [4.69, 9.17) is 0 Å². The number of nitrogens with zero attached hydrogens (tertiary/aromatic N) is 7. The first kappa shape index (κ1) is 48.1. The zero-order valence-corrected chi connectivity index (χ0v) is 39.5. The van der Waals surface area contributed by atoms with Crippen LogP contribution in [0.2, 0.25) is 0 Å². The molecule has 2 aromatic heterocycles. The van der Waals surface area contributed by atoms with Crippen LogP contribution >= 0.6 is 0 Å². The van der Waals surface area contributed by atoms with Gasteiger partial charge in [-0.1, -0.05) is 90.1 Å². The third-order valence-electron chi connectivity index (χ3n) is 14.1. The Hall–Kier alpha value is -7.57. The van der Waals surface area contributed by atoms with Gasteiger partial charge in [0.05, 0.1) is 44.2 Å². The largest absolute Gasteiger partial charge is 0.365 e. The third-order valence-corrected chi connectivity index (χ3v) is 14.1. The Morgan fingerprint density at radius 3 is 1.79 bits per heavy atom. The van der Waals surface area contributed by atoms with Crippen molar-refractivity contribution < 1.29 is 36.7 Å². The monoisotopic (exact) mass is 985 g/mol. The number of amides is 4. The van der Waals surface area contributed by atoms with Crippen molar-refractivity contribution >= 4 is 35.3 Å². The highest BCUT2D eigenvalue weighted by atomic mass is 19.1. The molecule has 0 spiro atoms. The van der Waals surface area contributed by atoms with E-state index in [0.29, 0.717) is 58.0 Å². The summed E-state index contributed by atoms with van der Waals surface area (Å²) in [5, 5.41) is 20.1. The smallest absolute Gasteiger partial charge is 0.243 e. The van der Waals surface area contributed by atoms with E-state index in [0.717, 1.165) is 12.8 Å². The molecular formula is C53H55F4N11O4. The third kappa shape index (κ3) is 10.7. The van der Waals surface area contributed by atoms with Crippen LogP contribution in [0.5, 0.6) is 0 Å². The van der Waals surface area contributed by atoms with Gasteiger partial charge in [-0.2, -0.15) is 0 Å². The van der Waals surface area contributed by atoms with Crippen LogP contribution in [-0.2, 0) is 32.3 Å². The number of anilines is 2. The molecule has 2 unspecified atom stereocenters. The van der Waals surface area contributed by atoms with Crippen molar-refractivity contribution in [1.82, 2.24) is 45.0 Å². The van der Waals surface area contributed by atoms with Crippen molar-refractivity contribution in [2.24, 2.45) is 0 Å². The van der Waals surface area contributed by atoms with E-state index in [1.807, 2.05) is 49.4 Å². The fourth-order valence-corrected chi connectivity index (χ4v) is 10.0. The number of imidazole rings is 1. The van der Waals surface area contributed by atoms with Crippen LogP contribution in [-0.4, -0.2) is 108 Å². The molecule has 4 amide bonds. The minimum absolute atomic E-state index is 0.180. The Morgan fingerprint density at radius 2 is 1.25 bits per heavy atom. The van der Waals surface area contributed by atoms with Crippen LogP contribution in [0.1, 0.15) is 96.3 Å². The summed E-state index contributed by atoms with van der Waals surface area (Å²) in [5.41, 5.74) is 3.49. The van der Waals surface area contributed by atoms with Crippen LogP contribution in [0.4, 0.5) is 29.2 Å². The predicted octanol–water partition coefficient (Wildman–Crippen LogP) is 6.72. The molecule has 10 rings (SSSR count). The molecule has 2 saturated carbocycles. The number of alkyl halides is 2. The number of aromatic nitrogens is 5. The highest BCUT2D eigenvalue weighted by Crippen LogP contribution is 2.45. The lowest BCUT2D eigenvalue weighted by molar-refractivity contribution is -0.139. The quantitative estimate of drug-likeness (QED) is 0.0683. The average molecular weight is 986 g/mol. The number of benzene rings is 4. The molecule has 374 valence electrons. The predicted molar refractivity (Wildman–Crippen MR) is 259 cm³/mol. The Kier molecular flexibility index (Phi) is 13.8. The van der Waals surface area contributed by atoms with Gasteiger partial charge in [-0.3, -0.25) is 23.9 Å². The minimum atomic E-state index is -1.42. The van der Waals surface area contributed by atoms with E-state index in [1.165, 1.54) is 28.3 Å². The second kappa shape index (κ2) is 20.6. The van der Waals surface area contributed by atoms with Crippen molar-refractivity contribution in [1.29, 1.82) is 0 Å². The van der Waals surface area contributed by atoms with E-state index in [-0.39, 0.29) is 62.7 Å². The summed E-state index contributed by atoms with van der Waals surface area (Å²) in [7, 11) is 0. The molecule has 0 radical (unpaired) electrons. The molecule has 2 saturated heterocycles. The number of hydrogen-bond donors (Lipinski definition) is 4. The second-order valence-corrected chi connectivity index (χ2v) is 19.2. The number of nitrogens with one attached hydrogen (secondary N) is 4. The highest BCUT2D eigenvalue weighted by Gasteiger charge is 2.44. The summed E-state index contributed by atoms with van der Waals surface area (Å²) in [4.78, 5) is 61.8. The Labute approximate surface area is 413 Å². The maximum Gasteiger partial charge on any atom is 0.243 e. The first-order chi connectivity index (χ1) is 34.9. The fourth-order valence-electron chi connectivity index (χ4n) is 10.0. The number of rotatable bonds is 18. The van der Waals surface area contributed by atoms with Crippen LogP contribution in [0.25, 0.3) is 0 Å². The molecule has 6 aromatic rings. The van der Waals surface area contributed by atoms with Crippen molar-refractivity contribution in [2.75, 3.05) is 30.3 Å². The van der Waals surface area contributed by atoms with E-state index in [9.17, 15) is 23.6 Å². The summed E-state index contributed by atoms with van der Waals surface area (Å²) in [5.74, 6) is -2.07. The maximum atomic E-state index is 16.2. The molecule has 15 nitrogen and oxygen atoms in total. The van der Waals surface area contributed by atoms with Crippen molar-refractivity contribution in [3.05, 3.63) is 161 Å². The Bertz CT molecular complexity index is 2940. The zero-order valence-electron chi connectivity index (χ0n) is 39.5. The van der Waals surface area contributed by atoms with Gasteiger partial charge in [0.2, 0.25) is 23.6 Å². The number of halogens is 4. The summed E-state index contributed by atoms with van der Waals surface area (Å²) >= 11 is 0. The van der Waals surface area contributed by atoms with Crippen LogP contribution < -0.4 is 21.3 Å². The normalized spacial score (nSPS) is 22.3. The molecular weight excluding hydrogens is 931 g/mol. The topological polar surface area (TPSA) is 171 Å².